The number of aromatic nitrogens is 4. The molecule has 0 aliphatic heterocycles. The number of nitrogens with two attached hydrogens (primary N) is 1. The van der Waals surface area contributed by atoms with E-state index < -0.39 is 5.97 Å². The van der Waals surface area contributed by atoms with E-state index in [-0.39, 0.29) is 12.3 Å². The topological polar surface area (TPSA) is 109 Å². The molecule has 0 unspecified atom stereocenters. The zero-order valence-corrected chi connectivity index (χ0v) is 11.5. The Labute approximate surface area is 115 Å². The van der Waals surface area contributed by atoms with E-state index in [0.29, 0.717) is 31.0 Å². The summed E-state index contributed by atoms with van der Waals surface area (Å²) in [5.41, 5.74) is 6.15. The number of rotatable bonds is 6. The van der Waals surface area contributed by atoms with E-state index in [1.165, 1.54) is 6.39 Å². The second-order valence-corrected chi connectivity index (χ2v) is 4.08. The molecule has 0 spiro atoms. The highest BCUT2D eigenvalue weighted by molar-refractivity contribution is 5.92. The van der Waals surface area contributed by atoms with Crippen molar-refractivity contribution < 1.29 is 14.1 Å². The molecule has 2 heterocycles. The predicted octanol–water partition coefficient (Wildman–Crippen LogP) is 0.830. The minimum Gasteiger partial charge on any atom is -0.461 e. The van der Waals surface area contributed by atoms with Crippen LogP contribution in [0.5, 0.6) is 0 Å². The molecule has 20 heavy (non-hydrogen) atoms. The van der Waals surface area contributed by atoms with Gasteiger partial charge in [-0.15, -0.1) is 0 Å². The Balaban J connectivity index is 2.20. The third kappa shape index (κ3) is 2.79. The molecule has 0 radical (unpaired) electrons. The maximum Gasteiger partial charge on any atom is 0.360 e. The van der Waals surface area contributed by atoms with E-state index in [1.54, 1.807) is 11.5 Å². The number of nitrogen functional groups attached to an aromatic ring is 1. The van der Waals surface area contributed by atoms with Gasteiger partial charge in [0.25, 0.3) is 0 Å². The maximum absolute atomic E-state index is 11.8. The zero-order valence-electron chi connectivity index (χ0n) is 11.5. The van der Waals surface area contributed by atoms with E-state index in [2.05, 4.69) is 19.6 Å². The highest BCUT2D eigenvalue weighted by Crippen LogP contribution is 2.17. The summed E-state index contributed by atoms with van der Waals surface area (Å²) in [5, 5.41) is 3.74. The van der Waals surface area contributed by atoms with Gasteiger partial charge in [-0.25, -0.2) is 9.78 Å². The number of ether oxygens (including phenoxy) is 1. The lowest BCUT2D eigenvalue weighted by molar-refractivity contribution is 0.0521. The largest absolute Gasteiger partial charge is 0.461 e. The fraction of sp³-hybridized carbons (Fsp3) is 0.500. The van der Waals surface area contributed by atoms with Crippen LogP contribution in [0.3, 0.4) is 0 Å². The highest BCUT2D eigenvalue weighted by atomic mass is 16.5. The van der Waals surface area contributed by atoms with Gasteiger partial charge in [0.15, 0.2) is 11.5 Å². The summed E-state index contributed by atoms with van der Waals surface area (Å²) < 4.78 is 11.4. The normalized spacial score (nSPS) is 10.7. The second-order valence-electron chi connectivity index (χ2n) is 4.08. The number of nitrogens with zero attached hydrogens (tertiary/aromatic N) is 4. The molecule has 0 aliphatic carbocycles. The van der Waals surface area contributed by atoms with Gasteiger partial charge in [0.05, 0.1) is 6.61 Å². The lowest BCUT2D eigenvalue weighted by Crippen LogP contribution is -2.12. The Kier molecular flexibility index (Phi) is 4.34. The molecular weight excluding hydrogens is 262 g/mol. The monoisotopic (exact) mass is 279 g/mol. The minimum absolute atomic E-state index is 0.164. The van der Waals surface area contributed by atoms with Crippen molar-refractivity contribution in [1.29, 1.82) is 0 Å². The van der Waals surface area contributed by atoms with E-state index >= 15 is 0 Å². The molecule has 0 fully saturated rings. The van der Waals surface area contributed by atoms with Gasteiger partial charge in [-0.1, -0.05) is 12.1 Å². The van der Waals surface area contributed by atoms with Gasteiger partial charge in [-0.2, -0.15) is 4.98 Å². The molecule has 8 heteroatoms. The average Bonchev–Trinajstić information content (AvgIpc) is 3.04. The van der Waals surface area contributed by atoms with Gasteiger partial charge in [0.1, 0.15) is 11.6 Å². The summed E-state index contributed by atoms with van der Waals surface area (Å²) in [5.74, 6) is 1.12. The Morgan fingerprint density at radius 3 is 2.90 bits per heavy atom. The highest BCUT2D eigenvalue weighted by Gasteiger charge is 2.20. The number of imidazole rings is 1. The van der Waals surface area contributed by atoms with Gasteiger partial charge in [0, 0.05) is 19.4 Å². The van der Waals surface area contributed by atoms with Crippen molar-refractivity contribution in [2.24, 2.45) is 0 Å². The van der Waals surface area contributed by atoms with Crippen LogP contribution in [0.2, 0.25) is 0 Å². The number of hydrogen-bond donors (Lipinski definition) is 1. The first kappa shape index (κ1) is 14.0. The fourth-order valence-electron chi connectivity index (χ4n) is 1.90. The summed E-state index contributed by atoms with van der Waals surface area (Å²) in [4.78, 5) is 20.0. The van der Waals surface area contributed by atoms with Crippen LogP contribution in [0.1, 0.15) is 36.0 Å². The molecule has 2 N–H and O–H groups in total. The van der Waals surface area contributed by atoms with Crippen molar-refractivity contribution in [2.75, 3.05) is 12.3 Å². The molecule has 0 saturated heterocycles. The zero-order chi connectivity index (χ0) is 14.5. The molecular formula is C12H17N5O3. The minimum atomic E-state index is -0.502. The van der Waals surface area contributed by atoms with Crippen LogP contribution >= 0.6 is 0 Å². The van der Waals surface area contributed by atoms with Crippen molar-refractivity contribution in [3.8, 4) is 0 Å². The van der Waals surface area contributed by atoms with Crippen molar-refractivity contribution in [3.63, 3.8) is 0 Å². The second kappa shape index (κ2) is 6.18. The molecule has 0 aromatic carbocycles. The third-order valence-corrected chi connectivity index (χ3v) is 2.84. The third-order valence-electron chi connectivity index (χ3n) is 2.84. The molecule has 0 saturated carbocycles. The van der Waals surface area contributed by atoms with E-state index in [0.717, 1.165) is 5.82 Å². The van der Waals surface area contributed by atoms with E-state index in [9.17, 15) is 4.79 Å². The van der Waals surface area contributed by atoms with Crippen LogP contribution in [0.15, 0.2) is 10.9 Å². The predicted molar refractivity (Wildman–Crippen MR) is 70.0 cm³/mol. The fourth-order valence-corrected chi connectivity index (χ4v) is 1.90. The first-order chi connectivity index (χ1) is 9.67. The van der Waals surface area contributed by atoms with Crippen molar-refractivity contribution in [1.82, 2.24) is 19.7 Å². The van der Waals surface area contributed by atoms with Crippen LogP contribution in [0.25, 0.3) is 0 Å². The molecule has 2 rings (SSSR count). The smallest absolute Gasteiger partial charge is 0.360 e. The molecule has 2 aromatic heterocycles. The first-order valence-corrected chi connectivity index (χ1v) is 6.44. The molecule has 0 atom stereocenters. The lowest BCUT2D eigenvalue weighted by Gasteiger charge is -2.07. The summed E-state index contributed by atoms with van der Waals surface area (Å²) >= 11 is 0. The Morgan fingerprint density at radius 2 is 2.30 bits per heavy atom. The van der Waals surface area contributed by atoms with Gasteiger partial charge in [0.2, 0.25) is 6.39 Å². The van der Waals surface area contributed by atoms with Crippen LogP contribution in [0, 0.1) is 0 Å². The van der Waals surface area contributed by atoms with Crippen LogP contribution in [-0.2, 0) is 24.1 Å². The standard InChI is InChI=1S/C12H17N5O3/c1-3-9-15-10(12(18)19-4-2)11(13)17(9)6-5-8-14-7-20-16-8/h7H,3-6,13H2,1-2H3. The molecule has 8 nitrogen and oxygen atoms in total. The molecule has 0 aliphatic rings. The van der Waals surface area contributed by atoms with Crippen LogP contribution in [0.4, 0.5) is 5.82 Å². The van der Waals surface area contributed by atoms with Crippen LogP contribution < -0.4 is 5.73 Å². The van der Waals surface area contributed by atoms with Gasteiger partial charge >= 0.3 is 5.97 Å². The van der Waals surface area contributed by atoms with Crippen molar-refractivity contribution >= 4 is 11.8 Å². The van der Waals surface area contributed by atoms with Gasteiger partial charge in [-0.05, 0) is 6.92 Å². The first-order valence-electron chi connectivity index (χ1n) is 6.44. The van der Waals surface area contributed by atoms with Crippen molar-refractivity contribution in [3.05, 3.63) is 23.7 Å². The average molecular weight is 279 g/mol. The molecule has 0 bridgehead atoms. The molecule has 2 aromatic rings. The number of hydrogen-bond acceptors (Lipinski definition) is 7. The van der Waals surface area contributed by atoms with Crippen molar-refractivity contribution in [2.45, 2.75) is 33.2 Å². The molecule has 108 valence electrons. The summed E-state index contributed by atoms with van der Waals surface area (Å²) in [6.07, 6.45) is 2.49. The van der Waals surface area contributed by atoms with Gasteiger partial charge < -0.3 is 19.6 Å². The Bertz CT molecular complexity index is 576. The Hall–Kier alpha value is -2.38. The SMILES string of the molecule is CCOC(=O)c1nc(CC)n(CCc2ncon2)c1N. The summed E-state index contributed by atoms with van der Waals surface area (Å²) in [6.45, 7) is 4.50. The number of carbonyl (C=O) groups excluding carboxylic acids is 1. The number of anilines is 1. The molecule has 0 amide bonds. The van der Waals surface area contributed by atoms with E-state index in [1.807, 2.05) is 6.92 Å². The summed E-state index contributed by atoms with van der Waals surface area (Å²) in [7, 11) is 0. The summed E-state index contributed by atoms with van der Waals surface area (Å²) in [6, 6.07) is 0. The Morgan fingerprint density at radius 1 is 1.50 bits per heavy atom. The lowest BCUT2D eigenvalue weighted by atomic mass is 10.3. The van der Waals surface area contributed by atoms with Gasteiger partial charge in [-0.3, -0.25) is 0 Å². The number of carbonyl (C=O) groups is 1. The van der Waals surface area contributed by atoms with E-state index in [4.69, 9.17) is 10.5 Å². The quantitative estimate of drug-likeness (QED) is 0.780. The number of esters is 1. The van der Waals surface area contributed by atoms with Crippen LogP contribution in [-0.4, -0.2) is 32.3 Å². The maximum atomic E-state index is 11.8. The number of aryl methyl sites for hydroxylation is 2.